The first-order valence-electron chi connectivity index (χ1n) is 6.34. The Hall–Kier alpha value is -0.770. The van der Waals surface area contributed by atoms with Gasteiger partial charge in [0.1, 0.15) is 0 Å². The van der Waals surface area contributed by atoms with E-state index in [0.29, 0.717) is 17.5 Å². The Balaban J connectivity index is 0.00000180. The van der Waals surface area contributed by atoms with Crippen molar-refractivity contribution < 1.29 is 4.79 Å². The second kappa shape index (κ2) is 7.13. The number of carbonyl (C=O) groups excluding carboxylic acids is 1. The Morgan fingerprint density at radius 3 is 2.79 bits per heavy atom. The van der Waals surface area contributed by atoms with Gasteiger partial charge in [0.05, 0.1) is 6.42 Å². The molecule has 0 radical (unpaired) electrons. The molecule has 1 saturated heterocycles. The summed E-state index contributed by atoms with van der Waals surface area (Å²) in [6.45, 7) is 5.80. The Morgan fingerprint density at radius 2 is 2.11 bits per heavy atom. The number of hydrogen-bond donors (Lipinski definition) is 1. The number of nitrogens with zero attached hydrogens (tertiary/aromatic N) is 1. The monoisotopic (exact) mass is 302 g/mol. The second-order valence-electron chi connectivity index (χ2n) is 4.97. The summed E-state index contributed by atoms with van der Waals surface area (Å²) < 4.78 is 0. The van der Waals surface area contributed by atoms with Crippen LogP contribution in [0.4, 0.5) is 0 Å². The largest absolute Gasteiger partial charge is 0.337 e. The van der Waals surface area contributed by atoms with Gasteiger partial charge in [0, 0.05) is 30.2 Å². The summed E-state index contributed by atoms with van der Waals surface area (Å²) in [5.74, 6) is 0.156. The van der Waals surface area contributed by atoms with E-state index in [1.54, 1.807) is 0 Å². The molecule has 5 heteroatoms. The first-order chi connectivity index (χ1) is 8.58. The van der Waals surface area contributed by atoms with Gasteiger partial charge in [-0.25, -0.2) is 0 Å². The Kier molecular flexibility index (Phi) is 6.11. The topological polar surface area (TPSA) is 32.3 Å². The average Bonchev–Trinajstić information content (AvgIpc) is 2.35. The third-order valence-electron chi connectivity index (χ3n) is 3.38. The summed E-state index contributed by atoms with van der Waals surface area (Å²) in [5, 5.41) is 4.04. The molecule has 19 heavy (non-hydrogen) atoms. The number of halogens is 2. The van der Waals surface area contributed by atoms with Gasteiger partial charge in [-0.15, -0.1) is 12.4 Å². The van der Waals surface area contributed by atoms with E-state index in [4.69, 9.17) is 11.6 Å². The predicted octanol–water partition coefficient (Wildman–Crippen LogP) is 2.51. The number of nitrogens with one attached hydrogen (secondary N) is 1. The zero-order chi connectivity index (χ0) is 13.1. The van der Waals surface area contributed by atoms with E-state index in [1.165, 1.54) is 0 Å². The van der Waals surface area contributed by atoms with Crippen LogP contribution in [0.1, 0.15) is 19.4 Å². The van der Waals surface area contributed by atoms with Crippen molar-refractivity contribution in [2.24, 2.45) is 0 Å². The van der Waals surface area contributed by atoms with Crippen LogP contribution in [0, 0.1) is 0 Å². The summed E-state index contributed by atoms with van der Waals surface area (Å²) in [4.78, 5) is 14.3. The molecular formula is C14H20Cl2N2O. The van der Waals surface area contributed by atoms with E-state index in [1.807, 2.05) is 29.2 Å². The third-order valence-corrected chi connectivity index (χ3v) is 3.75. The molecule has 0 bridgehead atoms. The van der Waals surface area contributed by atoms with Gasteiger partial charge in [-0.05, 0) is 25.5 Å². The van der Waals surface area contributed by atoms with Crippen molar-refractivity contribution in [1.82, 2.24) is 10.2 Å². The lowest BCUT2D eigenvalue weighted by Crippen LogP contribution is -2.56. The van der Waals surface area contributed by atoms with Crippen LogP contribution in [-0.4, -0.2) is 36.0 Å². The summed E-state index contributed by atoms with van der Waals surface area (Å²) in [5.41, 5.74) is 0.905. The molecule has 1 amide bonds. The molecule has 1 N–H and O–H groups in total. The van der Waals surface area contributed by atoms with E-state index < -0.39 is 0 Å². The highest BCUT2D eigenvalue weighted by molar-refractivity contribution is 6.31. The minimum Gasteiger partial charge on any atom is -0.337 e. The molecular weight excluding hydrogens is 283 g/mol. The summed E-state index contributed by atoms with van der Waals surface area (Å²) in [6.07, 6.45) is 0.386. The summed E-state index contributed by atoms with van der Waals surface area (Å²) in [6, 6.07) is 8.14. The highest BCUT2D eigenvalue weighted by Gasteiger charge is 2.26. The van der Waals surface area contributed by atoms with Crippen LogP contribution in [0.25, 0.3) is 0 Å². The van der Waals surface area contributed by atoms with Gasteiger partial charge in [-0.1, -0.05) is 29.8 Å². The summed E-state index contributed by atoms with van der Waals surface area (Å²) >= 11 is 6.09. The Labute approximate surface area is 125 Å². The molecule has 3 nitrogen and oxygen atoms in total. The van der Waals surface area contributed by atoms with Crippen molar-refractivity contribution in [2.45, 2.75) is 32.4 Å². The number of rotatable bonds is 2. The molecule has 2 atom stereocenters. The highest BCUT2D eigenvalue weighted by Crippen LogP contribution is 2.17. The molecule has 106 valence electrons. The molecule has 0 saturated carbocycles. The SMILES string of the molecule is CC1CN(C(=O)Cc2ccccc2Cl)C(C)CN1.Cl. The van der Waals surface area contributed by atoms with E-state index in [0.717, 1.165) is 18.7 Å². The number of piperazine rings is 1. The Morgan fingerprint density at radius 1 is 1.42 bits per heavy atom. The van der Waals surface area contributed by atoms with Crippen LogP contribution < -0.4 is 5.32 Å². The molecule has 0 spiro atoms. The molecule has 1 aliphatic heterocycles. The molecule has 2 unspecified atom stereocenters. The van der Waals surface area contributed by atoms with Crippen LogP contribution in [0.3, 0.4) is 0 Å². The molecule has 0 aromatic heterocycles. The van der Waals surface area contributed by atoms with Crippen molar-refractivity contribution in [3.8, 4) is 0 Å². The molecule has 1 aliphatic rings. The second-order valence-corrected chi connectivity index (χ2v) is 5.38. The standard InChI is InChI=1S/C14H19ClN2O.ClH/c1-10-9-17(11(2)8-16-10)14(18)7-12-5-3-4-6-13(12)15;/h3-6,10-11,16H,7-9H2,1-2H3;1H. The normalized spacial score (nSPS) is 22.8. The van der Waals surface area contributed by atoms with Crippen LogP contribution in [0.2, 0.25) is 5.02 Å². The first-order valence-corrected chi connectivity index (χ1v) is 6.72. The van der Waals surface area contributed by atoms with Gasteiger partial charge >= 0.3 is 0 Å². The smallest absolute Gasteiger partial charge is 0.227 e. The zero-order valence-corrected chi connectivity index (χ0v) is 12.8. The van der Waals surface area contributed by atoms with Crippen LogP contribution in [0.15, 0.2) is 24.3 Å². The minimum absolute atomic E-state index is 0. The first kappa shape index (κ1) is 16.3. The zero-order valence-electron chi connectivity index (χ0n) is 11.2. The predicted molar refractivity (Wildman–Crippen MR) is 81.0 cm³/mol. The van der Waals surface area contributed by atoms with Crippen LogP contribution in [-0.2, 0) is 11.2 Å². The number of amides is 1. The molecule has 1 heterocycles. The lowest BCUT2D eigenvalue weighted by Gasteiger charge is -2.37. The van der Waals surface area contributed by atoms with Gasteiger partial charge in [-0.3, -0.25) is 4.79 Å². The van der Waals surface area contributed by atoms with Crippen LogP contribution in [0.5, 0.6) is 0 Å². The van der Waals surface area contributed by atoms with Gasteiger partial charge in [0.15, 0.2) is 0 Å². The maximum Gasteiger partial charge on any atom is 0.227 e. The average molecular weight is 303 g/mol. The third kappa shape index (κ3) is 4.10. The van der Waals surface area contributed by atoms with E-state index >= 15 is 0 Å². The molecule has 1 aromatic carbocycles. The van der Waals surface area contributed by atoms with Crippen molar-refractivity contribution in [3.63, 3.8) is 0 Å². The van der Waals surface area contributed by atoms with Crippen LogP contribution >= 0.6 is 24.0 Å². The molecule has 1 fully saturated rings. The fourth-order valence-electron chi connectivity index (χ4n) is 2.28. The fourth-order valence-corrected chi connectivity index (χ4v) is 2.48. The molecule has 1 aromatic rings. The van der Waals surface area contributed by atoms with Crippen molar-refractivity contribution >= 4 is 29.9 Å². The van der Waals surface area contributed by atoms with Gasteiger partial charge in [-0.2, -0.15) is 0 Å². The number of carbonyl (C=O) groups is 1. The summed E-state index contributed by atoms with van der Waals surface area (Å²) in [7, 11) is 0. The molecule has 2 rings (SSSR count). The molecule has 0 aliphatic carbocycles. The van der Waals surface area contributed by atoms with E-state index in [-0.39, 0.29) is 24.4 Å². The van der Waals surface area contributed by atoms with E-state index in [2.05, 4.69) is 19.2 Å². The van der Waals surface area contributed by atoms with Gasteiger partial charge in [0.25, 0.3) is 0 Å². The lowest BCUT2D eigenvalue weighted by atomic mass is 10.1. The fraction of sp³-hybridized carbons (Fsp3) is 0.500. The van der Waals surface area contributed by atoms with Crippen molar-refractivity contribution in [2.75, 3.05) is 13.1 Å². The van der Waals surface area contributed by atoms with Gasteiger partial charge in [0.2, 0.25) is 5.91 Å². The number of benzene rings is 1. The Bertz CT molecular complexity index is 439. The quantitative estimate of drug-likeness (QED) is 0.910. The highest BCUT2D eigenvalue weighted by atomic mass is 35.5. The number of hydrogen-bond acceptors (Lipinski definition) is 2. The lowest BCUT2D eigenvalue weighted by molar-refractivity contribution is -0.133. The minimum atomic E-state index is 0. The van der Waals surface area contributed by atoms with Crippen molar-refractivity contribution in [3.05, 3.63) is 34.9 Å². The maximum absolute atomic E-state index is 12.3. The van der Waals surface area contributed by atoms with Crippen molar-refractivity contribution in [1.29, 1.82) is 0 Å². The maximum atomic E-state index is 12.3. The van der Waals surface area contributed by atoms with E-state index in [9.17, 15) is 4.79 Å². The van der Waals surface area contributed by atoms with Gasteiger partial charge < -0.3 is 10.2 Å².